The average Bonchev–Trinajstić information content (AvgIpc) is 2.53. The second-order valence-corrected chi connectivity index (χ2v) is 4.48. The predicted octanol–water partition coefficient (Wildman–Crippen LogP) is 3.12. The van der Waals surface area contributed by atoms with Gasteiger partial charge in [0.25, 0.3) is 5.69 Å². The van der Waals surface area contributed by atoms with Gasteiger partial charge in [0, 0.05) is 23.3 Å². The zero-order valence-electron chi connectivity index (χ0n) is 11.9. The van der Waals surface area contributed by atoms with Crippen LogP contribution < -0.4 is 4.74 Å². The number of ether oxygens (including phenoxy) is 1. The molecule has 0 spiro atoms. The molecule has 0 atom stereocenters. The summed E-state index contributed by atoms with van der Waals surface area (Å²) in [6.07, 6.45) is 0. The fourth-order valence-electron chi connectivity index (χ4n) is 2.21. The Morgan fingerprint density at radius 2 is 2.00 bits per heavy atom. The molecule has 6 heteroatoms. The summed E-state index contributed by atoms with van der Waals surface area (Å²) in [6, 6.07) is 12.5. The molecule has 0 saturated heterocycles. The normalized spacial score (nSPS) is 9.64. The average molecular weight is 292 g/mol. The smallest absolute Gasteiger partial charge is 0.273 e. The van der Waals surface area contributed by atoms with Crippen molar-refractivity contribution in [2.45, 2.75) is 6.92 Å². The van der Waals surface area contributed by atoms with Gasteiger partial charge in [-0.25, -0.2) is 0 Å². The quantitative estimate of drug-likeness (QED) is 0.639. The zero-order valence-corrected chi connectivity index (χ0v) is 11.9. The Morgan fingerprint density at radius 3 is 2.55 bits per heavy atom. The van der Waals surface area contributed by atoms with Crippen LogP contribution in [0.5, 0.6) is 5.75 Å². The number of nitriles is 2. The van der Waals surface area contributed by atoms with Crippen molar-refractivity contribution >= 4 is 5.69 Å². The monoisotopic (exact) mass is 292 g/mol. The molecular weight excluding hydrogens is 282 g/mol. The highest BCUT2D eigenvalue weighted by Crippen LogP contribution is 2.37. The van der Waals surface area contributed by atoms with E-state index in [0.29, 0.717) is 16.7 Å². The van der Waals surface area contributed by atoms with E-state index in [1.54, 1.807) is 13.0 Å². The van der Waals surface area contributed by atoms with Gasteiger partial charge in [-0.3, -0.25) is 10.1 Å². The number of non-ortho nitro benzene ring substituents is 1. The molecule has 2 aromatic rings. The van der Waals surface area contributed by atoms with E-state index in [0.717, 1.165) is 0 Å². The number of nitrogens with zero attached hydrogens (tertiary/aromatic N) is 3. The van der Waals surface area contributed by atoms with Crippen LogP contribution in [0.25, 0.3) is 11.1 Å². The molecule has 2 aromatic carbocycles. The van der Waals surface area contributed by atoms with Gasteiger partial charge in [0.15, 0.2) is 0 Å². The van der Waals surface area contributed by atoms with Crippen LogP contribution >= 0.6 is 0 Å². The molecule has 0 aromatic heterocycles. The summed E-state index contributed by atoms with van der Waals surface area (Å²) in [5, 5.41) is 29.1. The molecule has 2 rings (SSSR count). The molecule has 0 fully saturated rings. The van der Waals surface area contributed by atoms with E-state index in [1.807, 2.05) is 12.1 Å². The van der Waals surface area contributed by atoms with Crippen molar-refractivity contribution in [3.05, 3.63) is 57.1 Å². The van der Waals surface area contributed by atoms with Crippen molar-refractivity contribution in [2.24, 2.45) is 0 Å². The maximum atomic E-state index is 10.8. The van der Waals surface area contributed by atoms with Crippen molar-refractivity contribution in [1.29, 1.82) is 10.5 Å². The Morgan fingerprint density at radius 1 is 1.27 bits per heavy atom. The van der Waals surface area contributed by atoms with Crippen LogP contribution in [-0.2, 0) is 0 Å². The second-order valence-electron chi connectivity index (χ2n) is 4.48. The number of rotatable bonds is 3. The van der Waals surface area contributed by atoms with Crippen LogP contribution in [0.2, 0.25) is 0 Å². The molecule has 0 aliphatic carbocycles. The molecule has 0 heterocycles. The number of hydrogen-bond acceptors (Lipinski definition) is 5. The third-order valence-electron chi connectivity index (χ3n) is 3.16. The lowest BCUT2D eigenvalue weighted by Crippen LogP contribution is -1.96. The van der Waals surface area contributed by atoms with E-state index in [2.05, 4.69) is 6.07 Å². The summed E-state index contributed by atoms with van der Waals surface area (Å²) in [5.41, 5.74) is 2.15. The van der Waals surface area contributed by atoms with E-state index in [4.69, 9.17) is 10.00 Å². The molecule has 0 aliphatic rings. The zero-order chi connectivity index (χ0) is 16.3. The van der Waals surface area contributed by atoms with Gasteiger partial charge in [0.2, 0.25) is 0 Å². The van der Waals surface area contributed by atoms with Gasteiger partial charge >= 0.3 is 0 Å². The van der Waals surface area contributed by atoms with Crippen molar-refractivity contribution < 1.29 is 9.66 Å². The van der Waals surface area contributed by atoms with Gasteiger partial charge < -0.3 is 4.74 Å². The number of nitro groups is 1. The van der Waals surface area contributed by atoms with Gasteiger partial charge in [0.1, 0.15) is 11.8 Å². The summed E-state index contributed by atoms with van der Waals surface area (Å²) in [5.74, 6) is 0.284. The van der Waals surface area contributed by atoms with E-state index < -0.39 is 4.92 Å². The standard InChI is InChI=1S/C16H10N3O3/c1-10-5-11(8-17)6-12(9-18)16(10)14-4-3-13(19(20)21)7-15(14)22-2/h3-5,7H,1-2H3. The van der Waals surface area contributed by atoms with Crippen molar-refractivity contribution in [1.82, 2.24) is 0 Å². The molecule has 0 bridgehead atoms. The number of nitro benzene ring substituents is 1. The summed E-state index contributed by atoms with van der Waals surface area (Å²) < 4.78 is 5.21. The van der Waals surface area contributed by atoms with Crippen LogP contribution in [0.1, 0.15) is 16.7 Å². The molecule has 0 unspecified atom stereocenters. The van der Waals surface area contributed by atoms with Crippen molar-refractivity contribution in [3.8, 4) is 29.0 Å². The largest absolute Gasteiger partial charge is 0.496 e. The highest BCUT2D eigenvalue weighted by molar-refractivity contribution is 5.80. The molecule has 0 amide bonds. The molecule has 0 N–H and O–H groups in total. The summed E-state index contributed by atoms with van der Waals surface area (Å²) in [7, 11) is 1.40. The Balaban J connectivity index is 2.75. The number of benzene rings is 2. The first kappa shape index (κ1) is 15.0. The number of hydrogen-bond donors (Lipinski definition) is 0. The lowest BCUT2D eigenvalue weighted by atomic mass is 9.93. The minimum absolute atomic E-state index is 0.102. The van der Waals surface area contributed by atoms with Gasteiger partial charge in [0.05, 0.1) is 35.3 Å². The van der Waals surface area contributed by atoms with Gasteiger partial charge in [-0.15, -0.1) is 0 Å². The highest BCUT2D eigenvalue weighted by Gasteiger charge is 2.18. The van der Waals surface area contributed by atoms with Crippen LogP contribution in [0.15, 0.2) is 24.3 Å². The minimum Gasteiger partial charge on any atom is -0.496 e. The molecule has 0 aliphatic heterocycles. The first-order valence-corrected chi connectivity index (χ1v) is 6.21. The lowest BCUT2D eigenvalue weighted by Gasteiger charge is -2.12. The second kappa shape index (κ2) is 5.94. The van der Waals surface area contributed by atoms with Crippen LogP contribution in [-0.4, -0.2) is 12.0 Å². The Kier molecular flexibility index (Phi) is 4.06. The molecule has 6 nitrogen and oxygen atoms in total. The highest BCUT2D eigenvalue weighted by atomic mass is 16.6. The Labute approximate surface area is 126 Å². The fourth-order valence-corrected chi connectivity index (χ4v) is 2.21. The summed E-state index contributed by atoms with van der Waals surface area (Å²) in [6.45, 7) is 1.76. The molecular formula is C16H10N3O3. The van der Waals surface area contributed by atoms with E-state index in [9.17, 15) is 15.4 Å². The fraction of sp³-hybridized carbons (Fsp3) is 0.125. The summed E-state index contributed by atoms with van der Waals surface area (Å²) >= 11 is 0. The molecule has 22 heavy (non-hydrogen) atoms. The van der Waals surface area contributed by atoms with Gasteiger partial charge in [-0.2, -0.15) is 10.5 Å². The van der Waals surface area contributed by atoms with Crippen molar-refractivity contribution in [2.75, 3.05) is 7.11 Å². The molecule has 107 valence electrons. The number of aryl methyl sites for hydroxylation is 1. The van der Waals surface area contributed by atoms with E-state index in [1.165, 1.54) is 25.3 Å². The topological polar surface area (TPSA) is 99.9 Å². The van der Waals surface area contributed by atoms with Crippen LogP contribution in [0.4, 0.5) is 5.69 Å². The first-order valence-electron chi connectivity index (χ1n) is 6.21. The minimum atomic E-state index is -0.519. The maximum Gasteiger partial charge on any atom is 0.273 e. The lowest BCUT2D eigenvalue weighted by molar-refractivity contribution is -0.384. The predicted molar refractivity (Wildman–Crippen MR) is 78.1 cm³/mol. The third-order valence-corrected chi connectivity index (χ3v) is 3.16. The summed E-state index contributed by atoms with van der Waals surface area (Å²) in [4.78, 5) is 10.3. The Bertz CT molecular complexity index is 845. The number of methoxy groups -OCH3 is 1. The van der Waals surface area contributed by atoms with Crippen molar-refractivity contribution in [3.63, 3.8) is 0 Å². The Hall–Kier alpha value is -3.38. The molecule has 0 saturated carbocycles. The first-order chi connectivity index (χ1) is 10.5. The van der Waals surface area contributed by atoms with Gasteiger partial charge in [-0.1, -0.05) is 0 Å². The SMILES string of the molecule is COc1cc([N+](=O)[O-])ccc1-c1c(C#N)[c]c(C#N)cc1C. The third kappa shape index (κ3) is 2.58. The van der Waals surface area contributed by atoms with E-state index in [-0.39, 0.29) is 22.6 Å². The van der Waals surface area contributed by atoms with E-state index >= 15 is 0 Å². The van der Waals surface area contributed by atoms with Crippen LogP contribution in [0, 0.1) is 45.8 Å². The maximum absolute atomic E-state index is 10.8. The van der Waals surface area contributed by atoms with Gasteiger partial charge in [-0.05, 0) is 24.6 Å². The molecule has 1 radical (unpaired) electrons. The van der Waals surface area contributed by atoms with Crippen LogP contribution in [0.3, 0.4) is 0 Å².